The van der Waals surface area contributed by atoms with Gasteiger partial charge in [0.15, 0.2) is 5.96 Å². The monoisotopic (exact) mass is 396 g/mol. The molecule has 0 radical (unpaired) electrons. The maximum absolute atomic E-state index is 12.9. The molecule has 1 saturated heterocycles. The van der Waals surface area contributed by atoms with Gasteiger partial charge in [-0.2, -0.15) is 13.2 Å². The van der Waals surface area contributed by atoms with Gasteiger partial charge in [0.2, 0.25) is 0 Å². The Labute approximate surface area is 162 Å². The van der Waals surface area contributed by atoms with E-state index in [1.54, 1.807) is 7.05 Å². The number of para-hydroxylation sites is 2. The van der Waals surface area contributed by atoms with Gasteiger partial charge in [-0.15, -0.1) is 0 Å². The van der Waals surface area contributed by atoms with Crippen molar-refractivity contribution in [3.05, 3.63) is 30.1 Å². The average molecular weight is 396 g/mol. The number of rotatable bonds is 5. The van der Waals surface area contributed by atoms with E-state index in [1.165, 1.54) is 11.8 Å². The molecule has 1 unspecified atom stereocenters. The molecule has 3 rings (SSSR count). The van der Waals surface area contributed by atoms with Crippen LogP contribution in [0.25, 0.3) is 11.0 Å². The van der Waals surface area contributed by atoms with E-state index < -0.39 is 12.2 Å². The minimum atomic E-state index is -4.18. The first-order valence-electron chi connectivity index (χ1n) is 9.58. The molecular formula is C19H27F3N6. The number of H-pyrrole nitrogens is 1. The lowest BCUT2D eigenvalue weighted by molar-refractivity contribution is -0.181. The highest BCUT2D eigenvalue weighted by atomic mass is 19.4. The van der Waals surface area contributed by atoms with Crippen molar-refractivity contribution in [2.24, 2.45) is 4.99 Å². The maximum Gasteiger partial charge on any atom is 0.403 e. The molecule has 0 bridgehead atoms. The summed E-state index contributed by atoms with van der Waals surface area (Å²) in [5.74, 6) is 1.69. The number of fused-ring (bicyclic) bond motifs is 1. The molecule has 0 saturated carbocycles. The Kier molecular flexibility index (Phi) is 6.43. The van der Waals surface area contributed by atoms with Crippen LogP contribution in [0.5, 0.6) is 0 Å². The van der Waals surface area contributed by atoms with E-state index >= 15 is 0 Å². The zero-order chi connectivity index (χ0) is 20.1. The highest BCUT2D eigenvalue weighted by Crippen LogP contribution is 2.25. The van der Waals surface area contributed by atoms with Crippen molar-refractivity contribution in [3.8, 4) is 0 Å². The van der Waals surface area contributed by atoms with Crippen LogP contribution in [0.3, 0.4) is 0 Å². The van der Waals surface area contributed by atoms with Crippen LogP contribution < -0.4 is 5.32 Å². The van der Waals surface area contributed by atoms with Crippen LogP contribution in [0.15, 0.2) is 29.3 Å². The van der Waals surface area contributed by atoms with Crippen LogP contribution in [0.2, 0.25) is 0 Å². The van der Waals surface area contributed by atoms with Gasteiger partial charge in [-0.25, -0.2) is 4.98 Å². The minimum absolute atomic E-state index is 0.375. The predicted molar refractivity (Wildman–Crippen MR) is 104 cm³/mol. The molecule has 0 spiro atoms. The molecular weight excluding hydrogens is 369 g/mol. The van der Waals surface area contributed by atoms with Crippen LogP contribution in [-0.4, -0.2) is 77.7 Å². The van der Waals surface area contributed by atoms with Crippen molar-refractivity contribution >= 4 is 17.0 Å². The maximum atomic E-state index is 12.9. The van der Waals surface area contributed by atoms with Crippen molar-refractivity contribution in [1.82, 2.24) is 25.1 Å². The summed E-state index contributed by atoms with van der Waals surface area (Å²) in [6, 6.07) is 6.52. The number of aromatic nitrogens is 2. The molecule has 154 valence electrons. The number of hydrogen-bond acceptors (Lipinski definition) is 3. The Morgan fingerprint density at radius 2 is 1.96 bits per heavy atom. The van der Waals surface area contributed by atoms with Crippen LogP contribution in [0, 0.1) is 0 Å². The third kappa shape index (κ3) is 4.95. The fourth-order valence-corrected chi connectivity index (χ4v) is 3.44. The zero-order valence-corrected chi connectivity index (χ0v) is 16.3. The number of halogens is 3. The van der Waals surface area contributed by atoms with E-state index in [0.29, 0.717) is 26.2 Å². The third-order valence-electron chi connectivity index (χ3n) is 5.16. The van der Waals surface area contributed by atoms with Gasteiger partial charge >= 0.3 is 6.18 Å². The lowest BCUT2D eigenvalue weighted by Crippen LogP contribution is -2.56. The standard InChI is InChI=1S/C19H27F3N6/c1-14(19(20,21)22)27-10-12-28(13-11-27)18(23-2)24-9-5-8-17-25-15-6-3-4-7-16(15)26-17/h3-4,6-7,14H,5,8-13H2,1-2H3,(H,23,24)(H,25,26). The van der Waals surface area contributed by atoms with E-state index in [0.717, 1.165) is 42.2 Å². The topological polar surface area (TPSA) is 59.6 Å². The van der Waals surface area contributed by atoms with Gasteiger partial charge < -0.3 is 15.2 Å². The molecule has 1 aromatic carbocycles. The van der Waals surface area contributed by atoms with E-state index in [1.807, 2.05) is 29.2 Å². The molecule has 1 aliphatic rings. The second-order valence-electron chi connectivity index (χ2n) is 7.02. The van der Waals surface area contributed by atoms with E-state index in [4.69, 9.17) is 0 Å². The van der Waals surface area contributed by atoms with Crippen LogP contribution in [0.1, 0.15) is 19.2 Å². The molecule has 2 N–H and O–H groups in total. The van der Waals surface area contributed by atoms with Crippen LogP contribution in [-0.2, 0) is 6.42 Å². The second kappa shape index (κ2) is 8.81. The number of aryl methyl sites for hydroxylation is 1. The van der Waals surface area contributed by atoms with Gasteiger partial charge in [-0.1, -0.05) is 12.1 Å². The largest absolute Gasteiger partial charge is 0.403 e. The Morgan fingerprint density at radius 3 is 2.61 bits per heavy atom. The highest BCUT2D eigenvalue weighted by Gasteiger charge is 2.41. The SMILES string of the molecule is CN=C(NCCCc1nc2ccccc2[nH]1)N1CCN(C(C)C(F)(F)F)CC1. The lowest BCUT2D eigenvalue weighted by atomic mass is 10.2. The van der Waals surface area contributed by atoms with Gasteiger partial charge in [0.25, 0.3) is 0 Å². The van der Waals surface area contributed by atoms with Gasteiger partial charge in [0.1, 0.15) is 11.9 Å². The van der Waals surface area contributed by atoms with E-state index in [2.05, 4.69) is 20.3 Å². The average Bonchev–Trinajstić information content (AvgIpc) is 3.10. The number of imidazole rings is 1. The summed E-state index contributed by atoms with van der Waals surface area (Å²) in [6.07, 6.45) is -2.49. The molecule has 28 heavy (non-hydrogen) atoms. The number of aliphatic imine (C=N–C) groups is 1. The Morgan fingerprint density at radius 1 is 1.25 bits per heavy atom. The molecule has 6 nitrogen and oxygen atoms in total. The predicted octanol–water partition coefficient (Wildman–Crippen LogP) is 2.64. The summed E-state index contributed by atoms with van der Waals surface area (Å²) in [5.41, 5.74) is 2.00. The fraction of sp³-hybridized carbons (Fsp3) is 0.579. The first-order chi connectivity index (χ1) is 13.4. The van der Waals surface area contributed by atoms with Crippen molar-refractivity contribution in [2.75, 3.05) is 39.8 Å². The molecule has 9 heteroatoms. The van der Waals surface area contributed by atoms with Gasteiger partial charge in [-0.05, 0) is 25.5 Å². The Balaban J connectivity index is 1.42. The number of piperazine rings is 1. The number of nitrogens with zero attached hydrogens (tertiary/aromatic N) is 4. The van der Waals surface area contributed by atoms with Crippen molar-refractivity contribution in [2.45, 2.75) is 32.0 Å². The number of alkyl halides is 3. The molecule has 1 atom stereocenters. The first kappa shape index (κ1) is 20.4. The molecule has 1 fully saturated rings. The summed E-state index contributed by atoms with van der Waals surface area (Å²) < 4.78 is 38.6. The summed E-state index contributed by atoms with van der Waals surface area (Å²) in [6.45, 7) is 3.76. The molecule has 1 aromatic heterocycles. The lowest BCUT2D eigenvalue weighted by Gasteiger charge is -2.39. The Bertz CT molecular complexity index is 759. The molecule has 0 amide bonds. The number of aromatic amines is 1. The zero-order valence-electron chi connectivity index (χ0n) is 16.3. The summed E-state index contributed by atoms with van der Waals surface area (Å²) in [7, 11) is 1.70. The number of hydrogen-bond donors (Lipinski definition) is 2. The van der Waals surface area contributed by atoms with Crippen LogP contribution in [0.4, 0.5) is 13.2 Å². The number of guanidine groups is 1. The minimum Gasteiger partial charge on any atom is -0.356 e. The summed E-state index contributed by atoms with van der Waals surface area (Å²) >= 11 is 0. The summed E-state index contributed by atoms with van der Waals surface area (Å²) in [4.78, 5) is 15.6. The summed E-state index contributed by atoms with van der Waals surface area (Å²) in [5, 5.41) is 3.31. The van der Waals surface area contributed by atoms with Gasteiger partial charge in [0.05, 0.1) is 11.0 Å². The van der Waals surface area contributed by atoms with Crippen molar-refractivity contribution in [1.29, 1.82) is 0 Å². The molecule has 2 aromatic rings. The van der Waals surface area contributed by atoms with Gasteiger partial charge in [0, 0.05) is 46.2 Å². The second-order valence-corrected chi connectivity index (χ2v) is 7.02. The van der Waals surface area contributed by atoms with Crippen LogP contribution >= 0.6 is 0 Å². The molecule has 0 aliphatic carbocycles. The van der Waals surface area contributed by atoms with E-state index in [-0.39, 0.29) is 0 Å². The number of benzene rings is 1. The highest BCUT2D eigenvalue weighted by molar-refractivity contribution is 5.80. The van der Waals surface area contributed by atoms with Gasteiger partial charge in [-0.3, -0.25) is 9.89 Å². The molecule has 1 aliphatic heterocycles. The first-order valence-corrected chi connectivity index (χ1v) is 9.58. The molecule has 2 heterocycles. The fourth-order valence-electron chi connectivity index (χ4n) is 3.44. The van der Waals surface area contributed by atoms with E-state index in [9.17, 15) is 13.2 Å². The van der Waals surface area contributed by atoms with Crippen molar-refractivity contribution in [3.63, 3.8) is 0 Å². The Hall–Kier alpha value is -2.29. The van der Waals surface area contributed by atoms with Crippen molar-refractivity contribution < 1.29 is 13.2 Å². The quantitative estimate of drug-likeness (QED) is 0.464. The normalized spacial score (nSPS) is 17.9. The number of nitrogens with one attached hydrogen (secondary N) is 2. The smallest absolute Gasteiger partial charge is 0.356 e. The third-order valence-corrected chi connectivity index (χ3v) is 5.16.